The number of rotatable bonds is 4. The van der Waals surface area contributed by atoms with Crippen molar-refractivity contribution in [3.63, 3.8) is 0 Å². The molecule has 5 nitrogen and oxygen atoms in total. The number of fused-ring (bicyclic) bond motifs is 1. The van der Waals surface area contributed by atoms with E-state index in [9.17, 15) is 4.79 Å². The smallest absolute Gasteiger partial charge is 0.201 e. The highest BCUT2D eigenvalue weighted by Crippen LogP contribution is 2.40. The molecule has 0 amide bonds. The zero-order valence-electron chi connectivity index (χ0n) is 19.5. The first-order chi connectivity index (χ1) is 16.6. The molecule has 2 heterocycles. The Hall–Kier alpha value is -3.12. The van der Waals surface area contributed by atoms with E-state index >= 15 is 0 Å². The molecule has 180 valence electrons. The summed E-state index contributed by atoms with van der Waals surface area (Å²) >= 11 is 0. The van der Waals surface area contributed by atoms with Crippen LogP contribution in [0.4, 0.5) is 5.69 Å². The van der Waals surface area contributed by atoms with E-state index in [-0.39, 0.29) is 23.4 Å². The maximum atomic E-state index is 14.0. The lowest BCUT2D eigenvalue weighted by atomic mass is 9.72. The topological polar surface area (TPSA) is 68.7 Å². The van der Waals surface area contributed by atoms with Gasteiger partial charge in [-0.3, -0.25) is 4.79 Å². The van der Waals surface area contributed by atoms with Gasteiger partial charge in [-0.05, 0) is 42.5 Å². The highest BCUT2D eigenvalue weighted by molar-refractivity contribution is 5.95. The highest BCUT2D eigenvalue weighted by Gasteiger charge is 2.34. The SMILES string of the molecule is Cl.NC1(c2ccc(-c3c(-c4ccccc4)oc4c(N5CCOCC5)cccc4c3=O)cc2)CCC1. The molecule has 4 aromatic rings. The third kappa shape index (κ3) is 4.14. The van der Waals surface area contributed by atoms with Gasteiger partial charge in [0.1, 0.15) is 5.76 Å². The Morgan fingerprint density at radius 2 is 1.54 bits per heavy atom. The molecule has 6 rings (SSSR count). The van der Waals surface area contributed by atoms with E-state index in [1.54, 1.807) is 0 Å². The van der Waals surface area contributed by atoms with E-state index in [0.717, 1.165) is 54.7 Å². The number of nitrogens with zero attached hydrogens (tertiary/aromatic N) is 1. The number of hydrogen-bond acceptors (Lipinski definition) is 5. The molecule has 2 N–H and O–H groups in total. The molecule has 1 aliphatic heterocycles. The van der Waals surface area contributed by atoms with Crippen LogP contribution in [0.15, 0.2) is 82.0 Å². The summed E-state index contributed by atoms with van der Waals surface area (Å²) in [5.74, 6) is 0.595. The summed E-state index contributed by atoms with van der Waals surface area (Å²) in [5.41, 5.74) is 11.3. The molecule has 2 aliphatic rings. The molecule has 6 heteroatoms. The molecule has 1 aromatic heterocycles. The van der Waals surface area contributed by atoms with Crippen LogP contribution in [0.5, 0.6) is 0 Å². The van der Waals surface area contributed by atoms with E-state index in [0.29, 0.717) is 35.5 Å². The molecule has 35 heavy (non-hydrogen) atoms. The summed E-state index contributed by atoms with van der Waals surface area (Å²) in [5, 5.41) is 0.594. The monoisotopic (exact) mass is 488 g/mol. The van der Waals surface area contributed by atoms with Crippen molar-refractivity contribution in [2.24, 2.45) is 5.73 Å². The van der Waals surface area contributed by atoms with Crippen LogP contribution in [0, 0.1) is 0 Å². The largest absolute Gasteiger partial charge is 0.453 e. The first-order valence-corrected chi connectivity index (χ1v) is 12.0. The standard InChI is InChI=1S/C29H28N2O3.ClH/c30-29(14-5-15-29)22-12-10-20(11-13-22)25-26(32)23-8-4-9-24(31-16-18-33-19-17-31)28(23)34-27(25)21-6-2-1-3-7-21;/h1-4,6-13H,5,14-19,30H2;1H. The Labute approximate surface area is 210 Å². The van der Waals surface area contributed by atoms with Crippen molar-refractivity contribution in [3.8, 4) is 22.5 Å². The predicted octanol–water partition coefficient (Wildman–Crippen LogP) is 5.72. The van der Waals surface area contributed by atoms with Crippen LogP contribution in [0.2, 0.25) is 0 Å². The van der Waals surface area contributed by atoms with Crippen molar-refractivity contribution in [1.29, 1.82) is 0 Å². The van der Waals surface area contributed by atoms with Crippen LogP contribution in [0.25, 0.3) is 33.4 Å². The Kier molecular flexibility index (Phi) is 6.41. The van der Waals surface area contributed by atoms with E-state index in [2.05, 4.69) is 17.0 Å². The zero-order valence-corrected chi connectivity index (χ0v) is 20.4. The van der Waals surface area contributed by atoms with Gasteiger partial charge >= 0.3 is 0 Å². The third-order valence-electron chi connectivity index (χ3n) is 7.28. The molecule has 2 fully saturated rings. The second kappa shape index (κ2) is 9.50. The molecular formula is C29H29ClN2O3. The fourth-order valence-electron chi connectivity index (χ4n) is 5.13. The molecule has 0 bridgehead atoms. The average molecular weight is 489 g/mol. The van der Waals surface area contributed by atoms with Crippen LogP contribution in [0.1, 0.15) is 24.8 Å². The van der Waals surface area contributed by atoms with Gasteiger partial charge in [0.25, 0.3) is 0 Å². The minimum atomic E-state index is -0.234. The molecule has 0 spiro atoms. The molecule has 1 aliphatic carbocycles. The number of anilines is 1. The normalized spacial score (nSPS) is 17.0. The van der Waals surface area contributed by atoms with Crippen LogP contribution in [-0.2, 0) is 10.3 Å². The first-order valence-electron chi connectivity index (χ1n) is 12.0. The lowest BCUT2D eigenvalue weighted by Gasteiger charge is -2.38. The van der Waals surface area contributed by atoms with Crippen molar-refractivity contribution in [3.05, 3.63) is 88.6 Å². The second-order valence-corrected chi connectivity index (χ2v) is 9.34. The van der Waals surface area contributed by atoms with Gasteiger partial charge in [0.15, 0.2) is 5.58 Å². The van der Waals surface area contributed by atoms with Crippen molar-refractivity contribution >= 4 is 29.1 Å². The summed E-state index contributed by atoms with van der Waals surface area (Å²) < 4.78 is 12.2. The Morgan fingerprint density at radius 1 is 0.829 bits per heavy atom. The van der Waals surface area contributed by atoms with Crippen LogP contribution in [-0.4, -0.2) is 26.3 Å². The van der Waals surface area contributed by atoms with Gasteiger partial charge in [-0.25, -0.2) is 0 Å². The predicted molar refractivity (Wildman–Crippen MR) is 143 cm³/mol. The van der Waals surface area contributed by atoms with E-state index in [4.69, 9.17) is 14.9 Å². The number of ether oxygens (including phenoxy) is 1. The lowest BCUT2D eigenvalue weighted by Crippen LogP contribution is -2.43. The molecule has 0 radical (unpaired) electrons. The summed E-state index contributed by atoms with van der Waals surface area (Å²) in [6.45, 7) is 2.87. The molecular weight excluding hydrogens is 460 g/mol. The lowest BCUT2D eigenvalue weighted by molar-refractivity contribution is 0.122. The van der Waals surface area contributed by atoms with Crippen molar-refractivity contribution in [2.45, 2.75) is 24.8 Å². The Bertz CT molecular complexity index is 1390. The number of hydrogen-bond donors (Lipinski definition) is 1. The minimum Gasteiger partial charge on any atom is -0.453 e. The quantitative estimate of drug-likeness (QED) is 0.397. The van der Waals surface area contributed by atoms with E-state index in [1.165, 1.54) is 0 Å². The number of halogens is 1. The van der Waals surface area contributed by atoms with Crippen molar-refractivity contribution in [2.75, 3.05) is 31.2 Å². The van der Waals surface area contributed by atoms with Gasteiger partial charge in [0, 0.05) is 24.2 Å². The average Bonchev–Trinajstić information content (AvgIpc) is 2.88. The number of morpholine rings is 1. The zero-order chi connectivity index (χ0) is 23.1. The Morgan fingerprint density at radius 3 is 2.20 bits per heavy atom. The fraction of sp³-hybridized carbons (Fsp3) is 0.276. The molecule has 1 saturated carbocycles. The Balaban J connectivity index is 0.00000253. The molecule has 1 saturated heterocycles. The summed E-state index contributed by atoms with van der Waals surface area (Å²) in [6.07, 6.45) is 3.17. The summed E-state index contributed by atoms with van der Waals surface area (Å²) in [7, 11) is 0. The second-order valence-electron chi connectivity index (χ2n) is 9.34. The molecule has 3 aromatic carbocycles. The van der Waals surface area contributed by atoms with Gasteiger partial charge in [0.2, 0.25) is 5.43 Å². The van der Waals surface area contributed by atoms with Gasteiger partial charge < -0.3 is 19.8 Å². The maximum absolute atomic E-state index is 14.0. The summed E-state index contributed by atoms with van der Waals surface area (Å²) in [6, 6.07) is 23.9. The van der Waals surface area contributed by atoms with Gasteiger partial charge in [0.05, 0.1) is 29.9 Å². The third-order valence-corrected chi connectivity index (χ3v) is 7.28. The van der Waals surface area contributed by atoms with Gasteiger partial charge in [-0.1, -0.05) is 60.7 Å². The number of nitrogens with two attached hydrogens (primary N) is 1. The van der Waals surface area contributed by atoms with Crippen molar-refractivity contribution in [1.82, 2.24) is 0 Å². The fourth-order valence-corrected chi connectivity index (χ4v) is 5.13. The van der Waals surface area contributed by atoms with Crippen LogP contribution in [0.3, 0.4) is 0 Å². The van der Waals surface area contributed by atoms with Crippen LogP contribution < -0.4 is 16.1 Å². The number of para-hydroxylation sites is 1. The van der Waals surface area contributed by atoms with E-state index in [1.807, 2.05) is 60.7 Å². The molecule has 0 atom stereocenters. The number of benzene rings is 3. The summed E-state index contributed by atoms with van der Waals surface area (Å²) in [4.78, 5) is 16.2. The van der Waals surface area contributed by atoms with Gasteiger partial charge in [-0.2, -0.15) is 0 Å². The first kappa shape index (κ1) is 23.6. The van der Waals surface area contributed by atoms with Crippen LogP contribution >= 0.6 is 12.4 Å². The van der Waals surface area contributed by atoms with E-state index < -0.39 is 0 Å². The van der Waals surface area contributed by atoms with Crippen molar-refractivity contribution < 1.29 is 9.15 Å². The molecule has 0 unspecified atom stereocenters. The maximum Gasteiger partial charge on any atom is 0.201 e. The van der Waals surface area contributed by atoms with Gasteiger partial charge in [-0.15, -0.1) is 12.4 Å². The highest BCUT2D eigenvalue weighted by atomic mass is 35.5. The minimum absolute atomic E-state index is 0.